The van der Waals surface area contributed by atoms with E-state index in [1.165, 1.54) is 36.7 Å². The van der Waals surface area contributed by atoms with Crippen LogP contribution >= 0.6 is 23.4 Å². The molecular weight excluding hydrogens is 428 g/mol. The van der Waals surface area contributed by atoms with E-state index in [4.69, 9.17) is 26.1 Å². The van der Waals surface area contributed by atoms with Gasteiger partial charge in [0.25, 0.3) is 0 Å². The second-order valence-corrected chi connectivity index (χ2v) is 9.46. The summed E-state index contributed by atoms with van der Waals surface area (Å²) in [6.45, 7) is 8.16. The van der Waals surface area contributed by atoms with Crippen LogP contribution in [-0.4, -0.2) is 24.8 Å². The molecule has 1 saturated carbocycles. The molecule has 164 valence electrons. The lowest BCUT2D eigenvalue weighted by Crippen LogP contribution is -2.33. The van der Waals surface area contributed by atoms with Crippen molar-refractivity contribution in [3.63, 3.8) is 0 Å². The summed E-state index contributed by atoms with van der Waals surface area (Å²) in [5.41, 5.74) is 5.75. The van der Waals surface area contributed by atoms with E-state index in [1.807, 2.05) is 39.0 Å². The summed E-state index contributed by atoms with van der Waals surface area (Å²) < 4.78 is 12.2. The number of benzene rings is 1. The number of hydrogen-bond acceptors (Lipinski definition) is 5. The van der Waals surface area contributed by atoms with Crippen LogP contribution in [0.1, 0.15) is 45.7 Å². The maximum atomic E-state index is 6.26. The number of anilines is 1. The topological polar surface area (TPSA) is 43.4 Å². The van der Waals surface area contributed by atoms with E-state index in [-0.39, 0.29) is 0 Å². The van der Waals surface area contributed by atoms with Gasteiger partial charge in [0.15, 0.2) is 0 Å². The number of thioether (sulfide) groups is 1. The zero-order chi connectivity index (χ0) is 21.8. The van der Waals surface area contributed by atoms with Crippen molar-refractivity contribution >= 4 is 44.9 Å². The molecule has 4 rings (SSSR count). The van der Waals surface area contributed by atoms with Crippen LogP contribution in [0.2, 0.25) is 0 Å². The van der Waals surface area contributed by atoms with Crippen molar-refractivity contribution in [3.05, 3.63) is 57.7 Å². The molecule has 1 aromatic heterocycles. The Morgan fingerprint density at radius 3 is 2.65 bits per heavy atom. The van der Waals surface area contributed by atoms with E-state index >= 15 is 0 Å². The lowest BCUT2D eigenvalue weighted by atomic mass is 9.85. The number of rotatable bonds is 8. The minimum atomic E-state index is 0.489. The maximum Gasteiger partial charge on any atom is 0.130 e. The Kier molecular flexibility index (Phi) is 7.26. The summed E-state index contributed by atoms with van der Waals surface area (Å²) in [5.74, 6) is 1.33. The lowest BCUT2D eigenvalue weighted by Gasteiger charge is -2.34. The summed E-state index contributed by atoms with van der Waals surface area (Å²) in [6, 6.07) is 8.34. The molecule has 0 amide bonds. The van der Waals surface area contributed by atoms with Gasteiger partial charge in [-0.3, -0.25) is 0 Å². The van der Waals surface area contributed by atoms with Gasteiger partial charge in [-0.1, -0.05) is 41.1 Å². The third kappa shape index (κ3) is 4.94. The van der Waals surface area contributed by atoms with Crippen molar-refractivity contribution in [2.24, 2.45) is 5.92 Å². The zero-order valence-corrected chi connectivity index (χ0v) is 19.9. The monoisotopic (exact) mass is 456 g/mol. The Hall–Kier alpha value is -1.95. The summed E-state index contributed by atoms with van der Waals surface area (Å²) in [5, 5.41) is 4.71. The number of pyridine rings is 1. The minimum absolute atomic E-state index is 0.489. The van der Waals surface area contributed by atoms with Crippen molar-refractivity contribution in [3.8, 4) is 5.75 Å². The smallest absolute Gasteiger partial charge is 0.130 e. The Balaban J connectivity index is 1.69. The number of allylic oxidation sites excluding steroid dienone is 3. The number of fused-ring (bicyclic) bond motifs is 1. The summed E-state index contributed by atoms with van der Waals surface area (Å²) in [4.78, 5) is 5.92. The third-order valence-electron chi connectivity index (χ3n) is 5.68. The second kappa shape index (κ2) is 10.1. The average Bonchev–Trinajstić information content (AvgIpc) is 2.69. The molecule has 2 fully saturated rings. The summed E-state index contributed by atoms with van der Waals surface area (Å²) in [7, 11) is 0. The van der Waals surface area contributed by atoms with E-state index in [9.17, 15) is 0 Å². The molecule has 1 aliphatic heterocycles. The minimum Gasteiger partial charge on any atom is -0.493 e. The largest absolute Gasteiger partial charge is 0.493 e. The predicted molar refractivity (Wildman–Crippen MR) is 133 cm³/mol. The van der Waals surface area contributed by atoms with Crippen molar-refractivity contribution in [2.75, 3.05) is 25.1 Å². The molecule has 2 aromatic rings. The normalized spacial score (nSPS) is 17.4. The van der Waals surface area contributed by atoms with Crippen LogP contribution in [0.3, 0.4) is 0 Å². The van der Waals surface area contributed by atoms with Crippen LogP contribution in [0.4, 0.5) is 5.69 Å². The fourth-order valence-electron chi connectivity index (χ4n) is 3.76. The molecule has 2 aliphatic rings. The van der Waals surface area contributed by atoms with Gasteiger partial charge in [0.1, 0.15) is 5.75 Å². The van der Waals surface area contributed by atoms with E-state index in [0.29, 0.717) is 12.5 Å². The van der Waals surface area contributed by atoms with Crippen LogP contribution in [-0.2, 0) is 4.74 Å². The van der Waals surface area contributed by atoms with E-state index < -0.39 is 0 Å². The first kappa shape index (κ1) is 22.3. The highest BCUT2D eigenvalue weighted by Gasteiger charge is 2.28. The Bertz CT molecular complexity index is 1050. The molecule has 1 N–H and O–H groups in total. The standard InChI is InChI=1S/C25H29ClN2O2S/c1-4-23(31-24(26)5-2)21-13-22(30-6-3)19-12-18(10-11-20(19)28-21)27-25(16-8-7-9-16)17-14-29-15-17/h4-5,10-13,17,27H,6-9,14-15H2,1-3H3/b23-4-,24-5-. The highest BCUT2D eigenvalue weighted by molar-refractivity contribution is 8.13. The molecule has 1 aromatic carbocycles. The molecule has 0 unspecified atom stereocenters. The fraction of sp³-hybridized carbons (Fsp3) is 0.400. The summed E-state index contributed by atoms with van der Waals surface area (Å²) in [6.07, 6.45) is 7.60. The van der Waals surface area contributed by atoms with Gasteiger partial charge in [0, 0.05) is 33.7 Å². The Morgan fingerprint density at radius 2 is 2.06 bits per heavy atom. The molecule has 2 heterocycles. The van der Waals surface area contributed by atoms with Gasteiger partial charge in [-0.25, -0.2) is 4.98 Å². The van der Waals surface area contributed by atoms with Gasteiger partial charge < -0.3 is 14.8 Å². The first-order valence-electron chi connectivity index (χ1n) is 10.9. The number of nitrogens with one attached hydrogen (secondary N) is 1. The first-order valence-corrected chi connectivity index (χ1v) is 12.1. The Labute approximate surface area is 193 Å². The van der Waals surface area contributed by atoms with Crippen LogP contribution < -0.4 is 10.1 Å². The molecular formula is C25H29ClN2O2S. The molecule has 0 spiro atoms. The van der Waals surface area contributed by atoms with Crippen molar-refractivity contribution in [1.29, 1.82) is 0 Å². The molecule has 6 heteroatoms. The molecule has 1 saturated heterocycles. The number of nitrogens with zero attached hydrogens (tertiary/aromatic N) is 1. The van der Waals surface area contributed by atoms with Crippen molar-refractivity contribution in [1.82, 2.24) is 4.98 Å². The first-order chi connectivity index (χ1) is 15.1. The van der Waals surface area contributed by atoms with Crippen molar-refractivity contribution < 1.29 is 9.47 Å². The van der Waals surface area contributed by atoms with E-state index in [2.05, 4.69) is 23.5 Å². The van der Waals surface area contributed by atoms with Gasteiger partial charge in [-0.15, -0.1) is 0 Å². The average molecular weight is 457 g/mol. The fourth-order valence-corrected chi connectivity index (χ4v) is 4.66. The number of aromatic nitrogens is 1. The molecule has 31 heavy (non-hydrogen) atoms. The van der Waals surface area contributed by atoms with Gasteiger partial charge >= 0.3 is 0 Å². The molecule has 0 radical (unpaired) electrons. The maximum absolute atomic E-state index is 6.26. The number of halogens is 1. The SMILES string of the molecule is C/C=C(\S/C(Cl)=C\C)c1cc(OCC)c2cc(NC(=C3CCC3)C3COC3)ccc2n1. The third-order valence-corrected chi connectivity index (χ3v) is 7.23. The van der Waals surface area contributed by atoms with Crippen LogP contribution in [0, 0.1) is 5.92 Å². The van der Waals surface area contributed by atoms with Gasteiger partial charge in [-0.05, 0) is 58.2 Å². The predicted octanol–water partition coefficient (Wildman–Crippen LogP) is 7.32. The molecule has 1 aliphatic carbocycles. The van der Waals surface area contributed by atoms with E-state index in [0.717, 1.165) is 50.5 Å². The van der Waals surface area contributed by atoms with E-state index in [1.54, 1.807) is 5.57 Å². The van der Waals surface area contributed by atoms with Crippen LogP contribution in [0.5, 0.6) is 5.75 Å². The van der Waals surface area contributed by atoms with Gasteiger partial charge in [-0.2, -0.15) is 0 Å². The summed E-state index contributed by atoms with van der Waals surface area (Å²) >= 11 is 7.77. The highest BCUT2D eigenvalue weighted by Crippen LogP contribution is 2.39. The number of hydrogen-bond donors (Lipinski definition) is 1. The second-order valence-electron chi connectivity index (χ2n) is 7.75. The zero-order valence-electron chi connectivity index (χ0n) is 18.3. The number of ether oxygens (including phenoxy) is 2. The molecule has 0 atom stereocenters. The Morgan fingerprint density at radius 1 is 1.26 bits per heavy atom. The molecule has 0 bridgehead atoms. The van der Waals surface area contributed by atoms with Crippen LogP contribution in [0.25, 0.3) is 15.8 Å². The van der Waals surface area contributed by atoms with Crippen LogP contribution in [0.15, 0.2) is 52.1 Å². The highest BCUT2D eigenvalue weighted by atomic mass is 35.5. The quantitative estimate of drug-likeness (QED) is 0.450. The van der Waals surface area contributed by atoms with Gasteiger partial charge in [0.05, 0.1) is 35.4 Å². The lowest BCUT2D eigenvalue weighted by molar-refractivity contribution is -0.0136. The van der Waals surface area contributed by atoms with Gasteiger partial charge in [0.2, 0.25) is 0 Å². The molecule has 4 nitrogen and oxygen atoms in total. The van der Waals surface area contributed by atoms with Crippen molar-refractivity contribution in [2.45, 2.75) is 40.0 Å².